The predicted molar refractivity (Wildman–Crippen MR) is 111 cm³/mol. The number of oxazole rings is 1. The number of primary amides is 1. The van der Waals surface area contributed by atoms with Crippen LogP contribution in [0.3, 0.4) is 0 Å². The fourth-order valence-corrected chi connectivity index (χ4v) is 3.35. The number of ether oxygens (including phenoxy) is 2. The normalized spacial score (nSPS) is 12.6. The Morgan fingerprint density at radius 1 is 1.18 bits per heavy atom. The van der Waals surface area contributed by atoms with Crippen LogP contribution in [-0.2, 0) is 10.9 Å². The predicted octanol–water partition coefficient (Wildman–Crippen LogP) is 4.63. The van der Waals surface area contributed by atoms with Crippen LogP contribution in [0.1, 0.15) is 27.9 Å². The Hall–Kier alpha value is -3.03. The highest BCUT2D eigenvalue weighted by atomic mass is 79.9. The SMILES string of the molecule is NC(=O)c1c(F)ccc(OC(COCCO)c2nc(-c3ccc(C(F)(F)F)cc3)c(Br)o2)c1F. The molecule has 3 N–H and O–H groups in total. The Bertz CT molecular complexity index is 1170. The summed E-state index contributed by atoms with van der Waals surface area (Å²) < 4.78 is 83.2. The lowest BCUT2D eigenvalue weighted by Crippen LogP contribution is -2.19. The van der Waals surface area contributed by atoms with Crippen LogP contribution in [0.2, 0.25) is 0 Å². The number of carbonyl (C=O) groups excluding carboxylic acids is 1. The number of benzene rings is 2. The molecule has 7 nitrogen and oxygen atoms in total. The lowest BCUT2D eigenvalue weighted by molar-refractivity contribution is -0.137. The van der Waals surface area contributed by atoms with Crippen LogP contribution in [0, 0.1) is 11.6 Å². The summed E-state index contributed by atoms with van der Waals surface area (Å²) in [6.45, 7) is -0.774. The first kappa shape index (κ1) is 25.6. The van der Waals surface area contributed by atoms with Crippen LogP contribution in [0.4, 0.5) is 22.0 Å². The molecule has 1 aromatic heterocycles. The maximum Gasteiger partial charge on any atom is 0.416 e. The third-order valence-corrected chi connectivity index (χ3v) is 4.98. The van der Waals surface area contributed by atoms with Crippen molar-refractivity contribution in [3.63, 3.8) is 0 Å². The van der Waals surface area contributed by atoms with Crippen molar-refractivity contribution >= 4 is 21.8 Å². The van der Waals surface area contributed by atoms with Crippen molar-refractivity contribution in [1.29, 1.82) is 0 Å². The Balaban J connectivity index is 1.95. The summed E-state index contributed by atoms with van der Waals surface area (Å²) in [7, 11) is 0. The van der Waals surface area contributed by atoms with Gasteiger partial charge in [-0.3, -0.25) is 4.79 Å². The van der Waals surface area contributed by atoms with E-state index in [0.717, 1.165) is 24.3 Å². The molecule has 0 aliphatic rings. The fourth-order valence-electron chi connectivity index (χ4n) is 2.86. The largest absolute Gasteiger partial charge is 0.475 e. The van der Waals surface area contributed by atoms with Crippen molar-refractivity contribution < 1.29 is 45.7 Å². The zero-order valence-electron chi connectivity index (χ0n) is 17.0. The van der Waals surface area contributed by atoms with E-state index in [1.54, 1.807) is 0 Å². The van der Waals surface area contributed by atoms with Crippen LogP contribution in [-0.4, -0.2) is 35.8 Å². The second-order valence-corrected chi connectivity index (χ2v) is 7.47. The number of nitrogens with two attached hydrogens (primary N) is 1. The highest BCUT2D eigenvalue weighted by Crippen LogP contribution is 2.35. The van der Waals surface area contributed by atoms with Gasteiger partial charge in [-0.15, -0.1) is 0 Å². The summed E-state index contributed by atoms with van der Waals surface area (Å²) in [6, 6.07) is 5.81. The first-order valence-electron chi connectivity index (χ1n) is 9.49. The van der Waals surface area contributed by atoms with Crippen molar-refractivity contribution in [2.24, 2.45) is 5.73 Å². The van der Waals surface area contributed by atoms with E-state index in [0.29, 0.717) is 0 Å². The third-order valence-electron chi connectivity index (χ3n) is 4.44. The van der Waals surface area contributed by atoms with Gasteiger partial charge in [-0.05, 0) is 40.2 Å². The molecule has 0 aliphatic carbocycles. The molecule has 0 spiro atoms. The maximum absolute atomic E-state index is 14.6. The second kappa shape index (κ2) is 10.5. The molecular formula is C21H16BrF5N2O5. The van der Waals surface area contributed by atoms with Crippen molar-refractivity contribution in [1.82, 2.24) is 4.98 Å². The smallest absolute Gasteiger partial charge is 0.416 e. The molecule has 1 amide bonds. The average Bonchev–Trinajstić information content (AvgIpc) is 3.15. The molecule has 2 aromatic carbocycles. The molecule has 34 heavy (non-hydrogen) atoms. The number of hydrogen-bond donors (Lipinski definition) is 2. The van der Waals surface area contributed by atoms with Gasteiger partial charge in [-0.1, -0.05) is 12.1 Å². The fraction of sp³-hybridized carbons (Fsp3) is 0.238. The summed E-state index contributed by atoms with van der Waals surface area (Å²) in [5.74, 6) is -4.62. The first-order valence-corrected chi connectivity index (χ1v) is 10.3. The molecule has 1 heterocycles. The molecule has 1 unspecified atom stereocenters. The van der Waals surface area contributed by atoms with Crippen molar-refractivity contribution in [2.75, 3.05) is 19.8 Å². The Morgan fingerprint density at radius 2 is 1.85 bits per heavy atom. The van der Waals surface area contributed by atoms with Gasteiger partial charge in [0, 0.05) is 5.56 Å². The minimum Gasteiger partial charge on any atom is -0.475 e. The van der Waals surface area contributed by atoms with E-state index >= 15 is 0 Å². The number of halogens is 6. The number of rotatable bonds is 9. The standard InChI is InChI=1S/C21H16BrF5N2O5/c22-18-17(10-1-3-11(4-2-10)21(25,26)27)29-20(34-18)14(9-32-8-7-30)33-13-6-5-12(23)15(16(13)24)19(28)31/h1-6,14,30H,7-9H2,(H2,28,31). The number of amides is 1. The van der Waals surface area contributed by atoms with Gasteiger partial charge < -0.3 is 24.7 Å². The first-order chi connectivity index (χ1) is 16.0. The molecule has 3 rings (SSSR count). The molecule has 0 aliphatic heterocycles. The van der Waals surface area contributed by atoms with Gasteiger partial charge in [0.2, 0.25) is 5.89 Å². The number of aromatic nitrogens is 1. The molecule has 13 heteroatoms. The highest BCUT2D eigenvalue weighted by Gasteiger charge is 2.31. The van der Waals surface area contributed by atoms with Crippen LogP contribution in [0.15, 0.2) is 45.5 Å². The van der Waals surface area contributed by atoms with E-state index in [1.165, 1.54) is 12.1 Å². The van der Waals surface area contributed by atoms with Gasteiger partial charge in [-0.2, -0.15) is 13.2 Å². The van der Waals surface area contributed by atoms with Gasteiger partial charge in [-0.25, -0.2) is 13.8 Å². The van der Waals surface area contributed by atoms with E-state index in [9.17, 15) is 26.7 Å². The Morgan fingerprint density at radius 3 is 2.44 bits per heavy atom. The van der Waals surface area contributed by atoms with Crippen molar-refractivity contribution in [3.05, 3.63) is 69.7 Å². The Kier molecular flexibility index (Phi) is 7.89. The number of nitrogens with zero attached hydrogens (tertiary/aromatic N) is 1. The molecule has 0 bridgehead atoms. The number of hydrogen-bond acceptors (Lipinski definition) is 6. The van der Waals surface area contributed by atoms with Gasteiger partial charge in [0.05, 0.1) is 25.4 Å². The summed E-state index contributed by atoms with van der Waals surface area (Å²) in [4.78, 5) is 15.6. The van der Waals surface area contributed by atoms with Crippen LogP contribution >= 0.6 is 15.9 Å². The van der Waals surface area contributed by atoms with Gasteiger partial charge in [0.25, 0.3) is 5.91 Å². The molecule has 0 fully saturated rings. The van der Waals surface area contributed by atoms with Crippen molar-refractivity contribution in [3.8, 4) is 17.0 Å². The van der Waals surface area contributed by atoms with Gasteiger partial charge in [0.15, 0.2) is 22.3 Å². The molecular weight excluding hydrogens is 535 g/mol. The van der Waals surface area contributed by atoms with E-state index in [2.05, 4.69) is 20.9 Å². The molecule has 1 atom stereocenters. The average molecular weight is 551 g/mol. The quantitative estimate of drug-likeness (QED) is 0.297. The van der Waals surface area contributed by atoms with Gasteiger partial charge >= 0.3 is 6.18 Å². The molecule has 182 valence electrons. The number of alkyl halides is 3. The number of carbonyl (C=O) groups is 1. The summed E-state index contributed by atoms with van der Waals surface area (Å²) >= 11 is 3.13. The maximum atomic E-state index is 14.6. The van der Waals surface area contributed by atoms with Crippen LogP contribution in [0.5, 0.6) is 5.75 Å². The van der Waals surface area contributed by atoms with E-state index in [1.807, 2.05) is 0 Å². The third kappa shape index (κ3) is 5.72. The Labute approximate surface area is 197 Å². The minimum absolute atomic E-state index is 0.0374. The zero-order valence-corrected chi connectivity index (χ0v) is 18.6. The molecule has 3 aromatic rings. The number of aliphatic hydroxyl groups excluding tert-OH is 1. The zero-order chi connectivity index (χ0) is 25.0. The molecule has 0 saturated heterocycles. The minimum atomic E-state index is -4.52. The van der Waals surface area contributed by atoms with E-state index < -0.39 is 46.7 Å². The van der Waals surface area contributed by atoms with E-state index in [-0.39, 0.29) is 41.6 Å². The summed E-state index contributed by atoms with van der Waals surface area (Å²) in [5, 5.41) is 8.94. The molecule has 0 radical (unpaired) electrons. The highest BCUT2D eigenvalue weighted by molar-refractivity contribution is 9.10. The van der Waals surface area contributed by atoms with Crippen LogP contribution in [0.25, 0.3) is 11.3 Å². The summed E-state index contributed by atoms with van der Waals surface area (Å²) in [6.07, 6.45) is -5.77. The molecule has 0 saturated carbocycles. The second-order valence-electron chi connectivity index (χ2n) is 6.75. The monoisotopic (exact) mass is 550 g/mol. The van der Waals surface area contributed by atoms with Gasteiger partial charge in [0.1, 0.15) is 17.1 Å². The van der Waals surface area contributed by atoms with E-state index in [4.69, 9.17) is 24.7 Å². The summed E-state index contributed by atoms with van der Waals surface area (Å²) in [5.41, 5.74) is 3.55. The van der Waals surface area contributed by atoms with Crippen LogP contribution < -0.4 is 10.5 Å². The lowest BCUT2D eigenvalue weighted by atomic mass is 10.1. The van der Waals surface area contributed by atoms with Crippen molar-refractivity contribution in [2.45, 2.75) is 12.3 Å². The number of aliphatic hydroxyl groups is 1. The lowest BCUT2D eigenvalue weighted by Gasteiger charge is -2.17. The topological polar surface area (TPSA) is 108 Å².